The molecule has 1 atom stereocenters. The van der Waals surface area contributed by atoms with Crippen LogP contribution in [0.15, 0.2) is 42.7 Å². The predicted octanol–water partition coefficient (Wildman–Crippen LogP) is 1.52. The fourth-order valence-electron chi connectivity index (χ4n) is 3.06. The lowest BCUT2D eigenvalue weighted by Crippen LogP contribution is -2.48. The Morgan fingerprint density at radius 1 is 1.19 bits per heavy atom. The maximum atomic E-state index is 13.6. The number of benzene rings is 1. The van der Waals surface area contributed by atoms with Gasteiger partial charge in [-0.05, 0) is 31.0 Å². The second kappa shape index (κ2) is 9.07. The number of carbonyl (C=O) groups is 2. The number of nitrogens with one attached hydrogen (secondary N) is 2. The van der Waals surface area contributed by atoms with E-state index in [4.69, 9.17) is 0 Å². The molecule has 8 heteroatoms. The molecule has 1 aliphatic heterocycles. The maximum Gasteiger partial charge on any atom is 0.254 e. The monoisotopic (exact) mass is 371 g/mol. The van der Waals surface area contributed by atoms with Gasteiger partial charge in [0.05, 0.1) is 5.56 Å². The van der Waals surface area contributed by atoms with Crippen LogP contribution in [0.25, 0.3) is 0 Å². The topological polar surface area (TPSA) is 87.2 Å². The second-order valence-corrected chi connectivity index (χ2v) is 6.39. The number of hydrogen-bond acceptors (Lipinski definition) is 5. The summed E-state index contributed by atoms with van der Waals surface area (Å²) in [6.45, 7) is 1.66. The average Bonchev–Trinajstić information content (AvgIpc) is 2.69. The molecule has 2 amide bonds. The molecular formula is C19H22FN5O2. The fraction of sp³-hybridized carbons (Fsp3) is 0.368. The van der Waals surface area contributed by atoms with Crippen molar-refractivity contribution in [2.75, 3.05) is 24.5 Å². The van der Waals surface area contributed by atoms with Crippen LogP contribution in [0.5, 0.6) is 0 Å². The largest absolute Gasteiger partial charge is 0.352 e. The van der Waals surface area contributed by atoms with E-state index in [1.165, 1.54) is 18.2 Å². The molecule has 2 N–H and O–H groups in total. The predicted molar refractivity (Wildman–Crippen MR) is 98.8 cm³/mol. The number of nitrogens with zero attached hydrogens (tertiary/aromatic N) is 3. The zero-order chi connectivity index (χ0) is 19.1. The lowest BCUT2D eigenvalue weighted by molar-refractivity contribution is -0.121. The Kier molecular flexibility index (Phi) is 6.30. The van der Waals surface area contributed by atoms with Gasteiger partial charge in [-0.1, -0.05) is 12.1 Å². The van der Waals surface area contributed by atoms with Crippen LogP contribution in [0.4, 0.5) is 10.3 Å². The SMILES string of the molecule is O=C(CCNC(=O)c1ccccc1F)N[C@H]1CCCN(c2ncccn2)C1. The van der Waals surface area contributed by atoms with Gasteiger partial charge in [0, 0.05) is 44.5 Å². The van der Waals surface area contributed by atoms with E-state index < -0.39 is 11.7 Å². The first-order valence-electron chi connectivity index (χ1n) is 8.97. The Morgan fingerprint density at radius 2 is 1.96 bits per heavy atom. The molecule has 1 fully saturated rings. The number of rotatable bonds is 6. The Bertz CT molecular complexity index is 787. The van der Waals surface area contributed by atoms with E-state index in [2.05, 4.69) is 25.5 Å². The fourth-order valence-corrected chi connectivity index (χ4v) is 3.06. The summed E-state index contributed by atoms with van der Waals surface area (Å²) in [7, 11) is 0. The van der Waals surface area contributed by atoms with Gasteiger partial charge in [0.15, 0.2) is 0 Å². The Balaban J connectivity index is 1.43. The van der Waals surface area contributed by atoms with Crippen LogP contribution < -0.4 is 15.5 Å². The summed E-state index contributed by atoms with van der Waals surface area (Å²) in [6, 6.07) is 7.53. The number of aromatic nitrogens is 2. The van der Waals surface area contributed by atoms with Gasteiger partial charge >= 0.3 is 0 Å². The first kappa shape index (κ1) is 18.8. The van der Waals surface area contributed by atoms with Crippen LogP contribution in [-0.4, -0.2) is 47.5 Å². The van der Waals surface area contributed by atoms with Crippen molar-refractivity contribution in [1.29, 1.82) is 0 Å². The van der Waals surface area contributed by atoms with Crippen molar-refractivity contribution >= 4 is 17.8 Å². The molecule has 2 aromatic rings. The first-order chi connectivity index (χ1) is 13.1. The normalized spacial score (nSPS) is 16.6. The number of carbonyl (C=O) groups excluding carboxylic acids is 2. The van der Waals surface area contributed by atoms with E-state index >= 15 is 0 Å². The molecule has 0 radical (unpaired) electrons. The van der Waals surface area contributed by atoms with E-state index in [0.717, 1.165) is 19.4 Å². The van der Waals surface area contributed by atoms with Crippen molar-refractivity contribution in [3.8, 4) is 0 Å². The highest BCUT2D eigenvalue weighted by atomic mass is 19.1. The summed E-state index contributed by atoms with van der Waals surface area (Å²) in [6.07, 6.45) is 5.36. The molecule has 0 spiro atoms. The number of halogens is 1. The highest BCUT2D eigenvalue weighted by Gasteiger charge is 2.22. The molecule has 0 aliphatic carbocycles. The molecule has 7 nitrogen and oxygen atoms in total. The summed E-state index contributed by atoms with van der Waals surface area (Å²) in [5, 5.41) is 5.55. The zero-order valence-corrected chi connectivity index (χ0v) is 14.9. The van der Waals surface area contributed by atoms with Gasteiger partial charge in [-0.25, -0.2) is 14.4 Å². The first-order valence-corrected chi connectivity index (χ1v) is 8.97. The smallest absolute Gasteiger partial charge is 0.254 e. The minimum atomic E-state index is -0.579. The van der Waals surface area contributed by atoms with Gasteiger partial charge in [-0.15, -0.1) is 0 Å². The van der Waals surface area contributed by atoms with E-state index in [0.29, 0.717) is 12.5 Å². The summed E-state index contributed by atoms with van der Waals surface area (Å²) >= 11 is 0. The molecule has 27 heavy (non-hydrogen) atoms. The van der Waals surface area contributed by atoms with Crippen LogP contribution in [0.2, 0.25) is 0 Å². The molecule has 0 bridgehead atoms. The van der Waals surface area contributed by atoms with Crippen molar-refractivity contribution in [3.63, 3.8) is 0 Å². The minimum absolute atomic E-state index is 0.0114. The van der Waals surface area contributed by atoms with Crippen LogP contribution in [0.1, 0.15) is 29.6 Å². The minimum Gasteiger partial charge on any atom is -0.352 e. The standard InChI is InChI=1S/C19H22FN5O2/c20-16-7-2-1-6-15(16)18(27)21-11-8-17(26)24-14-5-3-12-25(13-14)19-22-9-4-10-23-19/h1-2,4,6-7,9-10,14H,3,5,8,11-13H2,(H,21,27)(H,24,26)/t14-/m0/s1. The third kappa shape index (κ3) is 5.22. The van der Waals surface area contributed by atoms with Crippen molar-refractivity contribution in [2.24, 2.45) is 0 Å². The molecule has 2 heterocycles. The average molecular weight is 371 g/mol. The van der Waals surface area contributed by atoms with E-state index in [-0.39, 0.29) is 30.5 Å². The molecule has 0 saturated carbocycles. The van der Waals surface area contributed by atoms with Gasteiger partial charge in [-0.2, -0.15) is 0 Å². The van der Waals surface area contributed by atoms with Gasteiger partial charge < -0.3 is 15.5 Å². The van der Waals surface area contributed by atoms with E-state index in [9.17, 15) is 14.0 Å². The third-order valence-corrected chi connectivity index (χ3v) is 4.38. The Morgan fingerprint density at radius 3 is 2.74 bits per heavy atom. The van der Waals surface area contributed by atoms with Gasteiger partial charge in [-0.3, -0.25) is 9.59 Å². The third-order valence-electron chi connectivity index (χ3n) is 4.38. The summed E-state index contributed by atoms with van der Waals surface area (Å²) < 4.78 is 13.6. The van der Waals surface area contributed by atoms with Crippen LogP contribution in [-0.2, 0) is 4.79 Å². The summed E-state index contributed by atoms with van der Waals surface area (Å²) in [4.78, 5) is 34.6. The molecular weight excluding hydrogens is 349 g/mol. The highest BCUT2D eigenvalue weighted by molar-refractivity contribution is 5.94. The lowest BCUT2D eigenvalue weighted by atomic mass is 10.1. The van der Waals surface area contributed by atoms with Gasteiger partial charge in [0.2, 0.25) is 11.9 Å². The van der Waals surface area contributed by atoms with Crippen molar-refractivity contribution in [3.05, 3.63) is 54.1 Å². The molecule has 1 aromatic heterocycles. The number of anilines is 1. The zero-order valence-electron chi connectivity index (χ0n) is 14.9. The molecule has 1 aromatic carbocycles. The van der Waals surface area contributed by atoms with Gasteiger partial charge in [0.25, 0.3) is 5.91 Å². The number of hydrogen-bond donors (Lipinski definition) is 2. The van der Waals surface area contributed by atoms with Crippen molar-refractivity contribution in [1.82, 2.24) is 20.6 Å². The van der Waals surface area contributed by atoms with Crippen LogP contribution >= 0.6 is 0 Å². The van der Waals surface area contributed by atoms with Crippen molar-refractivity contribution < 1.29 is 14.0 Å². The number of piperidine rings is 1. The maximum absolute atomic E-state index is 13.6. The molecule has 0 unspecified atom stereocenters. The molecule has 3 rings (SSSR count). The molecule has 1 saturated heterocycles. The second-order valence-electron chi connectivity index (χ2n) is 6.39. The summed E-state index contributed by atoms with van der Waals surface area (Å²) in [5.41, 5.74) is -0.0244. The van der Waals surface area contributed by atoms with Crippen LogP contribution in [0.3, 0.4) is 0 Å². The van der Waals surface area contributed by atoms with E-state index in [1.54, 1.807) is 24.5 Å². The Hall–Kier alpha value is -3.03. The van der Waals surface area contributed by atoms with Gasteiger partial charge in [0.1, 0.15) is 5.82 Å². The molecule has 142 valence electrons. The molecule has 1 aliphatic rings. The summed E-state index contributed by atoms with van der Waals surface area (Å²) in [5.74, 6) is -0.589. The van der Waals surface area contributed by atoms with Crippen molar-refractivity contribution in [2.45, 2.75) is 25.3 Å². The quantitative estimate of drug-likeness (QED) is 0.804. The number of amides is 2. The lowest BCUT2D eigenvalue weighted by Gasteiger charge is -2.33. The Labute approximate surface area is 157 Å². The van der Waals surface area contributed by atoms with E-state index in [1.807, 2.05) is 0 Å². The van der Waals surface area contributed by atoms with Crippen LogP contribution in [0, 0.1) is 5.82 Å². The highest BCUT2D eigenvalue weighted by Crippen LogP contribution is 2.15.